The van der Waals surface area contributed by atoms with Crippen molar-refractivity contribution in [2.45, 2.75) is 6.42 Å². The highest BCUT2D eigenvalue weighted by Crippen LogP contribution is 2.32. The van der Waals surface area contributed by atoms with Crippen molar-refractivity contribution in [1.29, 1.82) is 0 Å². The lowest BCUT2D eigenvalue weighted by Gasteiger charge is -2.10. The summed E-state index contributed by atoms with van der Waals surface area (Å²) in [7, 11) is 5.65. The van der Waals surface area contributed by atoms with Crippen LogP contribution in [0.25, 0.3) is 28.2 Å². The molecule has 0 spiro atoms. The zero-order valence-corrected chi connectivity index (χ0v) is 17.9. The summed E-state index contributed by atoms with van der Waals surface area (Å²) >= 11 is 0. The Kier molecular flexibility index (Phi) is 6.04. The summed E-state index contributed by atoms with van der Waals surface area (Å²) < 4.78 is 13.0. The Morgan fingerprint density at radius 1 is 0.935 bits per heavy atom. The molecule has 0 amide bonds. The molecule has 7 nitrogen and oxygen atoms in total. The molecule has 0 radical (unpaired) electrons. The van der Waals surface area contributed by atoms with Crippen LogP contribution in [0.5, 0.6) is 17.2 Å². The third-order valence-corrected chi connectivity index (χ3v) is 5.05. The van der Waals surface area contributed by atoms with Crippen molar-refractivity contribution in [3.8, 4) is 39.8 Å². The third-order valence-electron chi connectivity index (χ3n) is 5.05. The Morgan fingerprint density at radius 2 is 1.68 bits per heavy atom. The molecule has 4 aromatic rings. The first-order valence-corrected chi connectivity index (χ1v) is 10.2. The highest BCUT2D eigenvalue weighted by molar-refractivity contribution is 5.69. The van der Waals surface area contributed by atoms with Crippen LogP contribution in [0.3, 0.4) is 0 Å². The van der Waals surface area contributed by atoms with Gasteiger partial charge in [-0.05, 0) is 80.2 Å². The molecule has 2 heterocycles. The van der Waals surface area contributed by atoms with E-state index in [9.17, 15) is 5.11 Å². The van der Waals surface area contributed by atoms with Crippen molar-refractivity contribution in [3.05, 3.63) is 60.8 Å². The van der Waals surface area contributed by atoms with Crippen molar-refractivity contribution >= 4 is 5.65 Å². The molecule has 0 saturated carbocycles. The normalized spacial score (nSPS) is 11.2. The fraction of sp³-hybridized carbons (Fsp3) is 0.250. The van der Waals surface area contributed by atoms with Gasteiger partial charge in [-0.1, -0.05) is 6.07 Å². The summed E-state index contributed by atoms with van der Waals surface area (Å²) in [5.74, 6) is 2.14. The molecule has 0 atom stereocenters. The van der Waals surface area contributed by atoms with Crippen LogP contribution in [-0.4, -0.2) is 59.0 Å². The van der Waals surface area contributed by atoms with Gasteiger partial charge in [-0.3, -0.25) is 4.40 Å². The predicted molar refractivity (Wildman–Crippen MR) is 121 cm³/mol. The van der Waals surface area contributed by atoms with Crippen LogP contribution in [-0.2, 0) is 0 Å². The van der Waals surface area contributed by atoms with Crippen LogP contribution in [0.2, 0.25) is 0 Å². The first kappa shape index (κ1) is 20.7. The minimum absolute atomic E-state index is 0.112. The van der Waals surface area contributed by atoms with Crippen molar-refractivity contribution < 1.29 is 14.6 Å². The van der Waals surface area contributed by atoms with E-state index in [1.165, 1.54) is 7.11 Å². The molecule has 0 saturated heterocycles. The summed E-state index contributed by atoms with van der Waals surface area (Å²) in [5, 5.41) is 18.5. The summed E-state index contributed by atoms with van der Waals surface area (Å²) in [6, 6.07) is 17.1. The number of phenolic OH excluding ortho intramolecular Hbond substituents is 1. The number of hydrogen-bond donors (Lipinski definition) is 1. The summed E-state index contributed by atoms with van der Waals surface area (Å²) in [6.07, 6.45) is 2.97. The van der Waals surface area contributed by atoms with Gasteiger partial charge < -0.3 is 19.5 Å². The van der Waals surface area contributed by atoms with E-state index in [4.69, 9.17) is 9.47 Å². The van der Waals surface area contributed by atoms with Crippen LogP contribution in [0.4, 0.5) is 0 Å². The Balaban J connectivity index is 1.58. The maximum absolute atomic E-state index is 9.87. The minimum atomic E-state index is 0.112. The fourth-order valence-electron chi connectivity index (χ4n) is 3.39. The quantitative estimate of drug-likeness (QED) is 0.434. The Morgan fingerprint density at radius 3 is 2.42 bits per heavy atom. The lowest BCUT2D eigenvalue weighted by molar-refractivity contribution is 0.281. The molecular formula is C24H26N4O3. The van der Waals surface area contributed by atoms with Crippen LogP contribution in [0, 0.1) is 0 Å². The third kappa shape index (κ3) is 4.62. The number of aromatic nitrogens is 3. The molecule has 160 valence electrons. The van der Waals surface area contributed by atoms with E-state index in [0.29, 0.717) is 12.4 Å². The highest BCUT2D eigenvalue weighted by atomic mass is 16.5. The van der Waals surface area contributed by atoms with Crippen molar-refractivity contribution in [1.82, 2.24) is 19.5 Å². The van der Waals surface area contributed by atoms with E-state index < -0.39 is 0 Å². The topological polar surface area (TPSA) is 72.1 Å². The smallest absolute Gasteiger partial charge is 0.168 e. The van der Waals surface area contributed by atoms with E-state index in [2.05, 4.69) is 29.2 Å². The number of methoxy groups -OCH3 is 1. The van der Waals surface area contributed by atoms with Gasteiger partial charge in [0, 0.05) is 18.3 Å². The molecule has 0 aliphatic rings. The predicted octanol–water partition coefficient (Wildman–Crippen LogP) is 4.11. The Labute approximate surface area is 181 Å². The number of aromatic hydroxyl groups is 1. The summed E-state index contributed by atoms with van der Waals surface area (Å²) in [6.45, 7) is 1.68. The molecule has 0 unspecified atom stereocenters. The minimum Gasteiger partial charge on any atom is -0.504 e. The second-order valence-electron chi connectivity index (χ2n) is 7.59. The van der Waals surface area contributed by atoms with E-state index in [1.807, 2.05) is 59.1 Å². The van der Waals surface area contributed by atoms with Gasteiger partial charge in [0.05, 0.1) is 13.7 Å². The molecule has 0 fully saturated rings. The summed E-state index contributed by atoms with van der Waals surface area (Å²) in [4.78, 5) is 2.14. The maximum atomic E-state index is 9.87. The highest BCUT2D eigenvalue weighted by Gasteiger charge is 2.11. The average Bonchev–Trinajstić information content (AvgIpc) is 3.20. The van der Waals surface area contributed by atoms with Crippen molar-refractivity contribution in [3.63, 3.8) is 0 Å². The number of nitrogens with zero attached hydrogens (tertiary/aromatic N) is 4. The molecule has 0 bridgehead atoms. The van der Waals surface area contributed by atoms with Gasteiger partial charge >= 0.3 is 0 Å². The van der Waals surface area contributed by atoms with Gasteiger partial charge in [0.15, 0.2) is 23.0 Å². The number of fused-ring (bicyclic) bond motifs is 1. The molecule has 2 aromatic heterocycles. The van der Waals surface area contributed by atoms with Gasteiger partial charge in [-0.15, -0.1) is 10.2 Å². The molecule has 7 heteroatoms. The Bertz CT molecular complexity index is 1170. The zero-order valence-electron chi connectivity index (χ0n) is 17.9. The summed E-state index contributed by atoms with van der Waals surface area (Å²) in [5.41, 5.74) is 3.60. The van der Waals surface area contributed by atoms with E-state index in [-0.39, 0.29) is 5.75 Å². The lowest BCUT2D eigenvalue weighted by Crippen LogP contribution is -2.15. The number of benzene rings is 2. The zero-order chi connectivity index (χ0) is 21.8. The average molecular weight is 418 g/mol. The SMILES string of the molecule is COc1cc(-c2ccc3nnc(-c4ccc(OCCCN(C)C)cc4)n3c2)ccc1O. The van der Waals surface area contributed by atoms with Gasteiger partial charge in [-0.2, -0.15) is 0 Å². The molecule has 4 rings (SSSR count). The monoisotopic (exact) mass is 418 g/mol. The van der Waals surface area contributed by atoms with Crippen LogP contribution < -0.4 is 9.47 Å². The standard InChI is InChI=1S/C24H26N4O3/c1-27(2)13-4-14-31-20-9-5-17(6-10-20)24-26-25-23-12-8-19(16-28(23)24)18-7-11-21(29)22(15-18)30-3/h5-12,15-16,29H,4,13-14H2,1-3H3. The molecule has 2 aromatic carbocycles. The van der Waals surface area contributed by atoms with Gasteiger partial charge in [0.25, 0.3) is 0 Å². The lowest BCUT2D eigenvalue weighted by atomic mass is 10.1. The molecule has 0 aliphatic carbocycles. The maximum Gasteiger partial charge on any atom is 0.168 e. The second-order valence-corrected chi connectivity index (χ2v) is 7.59. The molecule has 0 aliphatic heterocycles. The molecule has 31 heavy (non-hydrogen) atoms. The van der Waals surface area contributed by atoms with E-state index in [0.717, 1.165) is 46.9 Å². The Hall–Kier alpha value is -3.58. The van der Waals surface area contributed by atoms with Crippen LogP contribution in [0.1, 0.15) is 6.42 Å². The van der Waals surface area contributed by atoms with Crippen LogP contribution >= 0.6 is 0 Å². The van der Waals surface area contributed by atoms with Crippen LogP contribution in [0.15, 0.2) is 60.8 Å². The fourth-order valence-corrected chi connectivity index (χ4v) is 3.39. The number of rotatable bonds is 8. The number of phenols is 1. The van der Waals surface area contributed by atoms with Gasteiger partial charge in [0.1, 0.15) is 5.75 Å². The molecule has 1 N–H and O–H groups in total. The van der Waals surface area contributed by atoms with E-state index in [1.54, 1.807) is 6.07 Å². The first-order valence-electron chi connectivity index (χ1n) is 10.2. The number of ether oxygens (including phenoxy) is 2. The van der Waals surface area contributed by atoms with Crippen molar-refractivity contribution in [2.24, 2.45) is 0 Å². The van der Waals surface area contributed by atoms with Gasteiger partial charge in [0.2, 0.25) is 0 Å². The largest absolute Gasteiger partial charge is 0.504 e. The molecular weight excluding hydrogens is 392 g/mol. The first-order chi connectivity index (χ1) is 15.0. The van der Waals surface area contributed by atoms with Gasteiger partial charge in [-0.25, -0.2) is 0 Å². The second kappa shape index (κ2) is 9.06. The van der Waals surface area contributed by atoms with Crippen molar-refractivity contribution in [2.75, 3.05) is 34.4 Å². The number of pyridine rings is 1. The number of hydrogen-bond acceptors (Lipinski definition) is 6. The van der Waals surface area contributed by atoms with E-state index >= 15 is 0 Å².